The molecule has 0 aromatic heterocycles. The molecule has 0 N–H and O–H groups in total. The summed E-state index contributed by atoms with van der Waals surface area (Å²) in [4.78, 5) is 2.38. The molecule has 1 aliphatic rings. The molecule has 0 bridgehead atoms. The Morgan fingerprint density at radius 2 is 1.56 bits per heavy atom. The van der Waals surface area contributed by atoms with Gasteiger partial charge in [0.15, 0.2) is 0 Å². The van der Waals surface area contributed by atoms with Gasteiger partial charge in [0, 0.05) is 57.1 Å². The summed E-state index contributed by atoms with van der Waals surface area (Å²) in [6.45, 7) is 3.20. The predicted molar refractivity (Wildman–Crippen MR) is 64.5 cm³/mol. The van der Waals surface area contributed by atoms with E-state index in [1.54, 1.807) is 0 Å². The van der Waals surface area contributed by atoms with Gasteiger partial charge in [-0.15, -0.1) is 0 Å². The molecular formula is C10H20KNO3S-. The summed E-state index contributed by atoms with van der Waals surface area (Å²) in [6, 6.07) is 0. The van der Waals surface area contributed by atoms with Gasteiger partial charge in [-0.25, -0.2) is 8.42 Å². The van der Waals surface area contributed by atoms with Crippen molar-refractivity contribution in [3.8, 4) is 0 Å². The SMILES string of the molecule is O=S(=O)([O-])CCCCN1CCCCCC1.[K]. The van der Waals surface area contributed by atoms with Crippen molar-refractivity contribution < 1.29 is 13.0 Å². The van der Waals surface area contributed by atoms with Gasteiger partial charge in [-0.3, -0.25) is 0 Å². The molecule has 0 atom stereocenters. The Balaban J connectivity index is 0.00000225. The molecule has 0 spiro atoms. The maximum absolute atomic E-state index is 10.4. The van der Waals surface area contributed by atoms with Gasteiger partial charge in [-0.05, 0) is 45.3 Å². The van der Waals surface area contributed by atoms with Crippen molar-refractivity contribution >= 4 is 61.5 Å². The van der Waals surface area contributed by atoms with E-state index in [4.69, 9.17) is 0 Å². The number of nitrogens with zero attached hydrogens (tertiary/aromatic N) is 1. The average Bonchev–Trinajstić information content (AvgIpc) is 2.39. The Labute approximate surface area is 141 Å². The Morgan fingerprint density at radius 3 is 2.06 bits per heavy atom. The topological polar surface area (TPSA) is 60.4 Å². The van der Waals surface area contributed by atoms with Crippen LogP contribution >= 0.6 is 0 Å². The number of hydrogen-bond donors (Lipinski definition) is 0. The second-order valence-electron chi connectivity index (χ2n) is 4.22. The minimum Gasteiger partial charge on any atom is -0.748 e. The zero-order valence-electron chi connectivity index (χ0n) is 10.2. The van der Waals surface area contributed by atoms with Gasteiger partial charge in [0.2, 0.25) is 0 Å². The van der Waals surface area contributed by atoms with Crippen molar-refractivity contribution in [3.63, 3.8) is 0 Å². The molecule has 1 fully saturated rings. The minimum atomic E-state index is -4.00. The summed E-state index contributed by atoms with van der Waals surface area (Å²) in [5, 5.41) is 0. The molecule has 0 aromatic carbocycles. The first-order valence-electron chi connectivity index (χ1n) is 5.74. The van der Waals surface area contributed by atoms with Gasteiger partial charge in [-0.1, -0.05) is 12.8 Å². The molecule has 4 nitrogen and oxygen atoms in total. The summed E-state index contributed by atoms with van der Waals surface area (Å²) in [7, 11) is -4.00. The van der Waals surface area contributed by atoms with E-state index in [9.17, 15) is 13.0 Å². The van der Waals surface area contributed by atoms with Crippen molar-refractivity contribution in [2.75, 3.05) is 25.4 Å². The number of unbranched alkanes of at least 4 members (excludes halogenated alkanes) is 1. The van der Waals surface area contributed by atoms with Crippen LogP contribution in [0.15, 0.2) is 0 Å². The second-order valence-corrected chi connectivity index (χ2v) is 5.75. The Hall–Kier alpha value is 1.51. The van der Waals surface area contributed by atoms with Crippen LogP contribution in [-0.2, 0) is 10.1 Å². The molecule has 1 aliphatic heterocycles. The van der Waals surface area contributed by atoms with Crippen LogP contribution in [0.4, 0.5) is 0 Å². The van der Waals surface area contributed by atoms with Crippen LogP contribution in [0, 0.1) is 0 Å². The molecule has 91 valence electrons. The first kappa shape index (κ1) is 17.5. The zero-order chi connectivity index (χ0) is 11.1. The van der Waals surface area contributed by atoms with Crippen LogP contribution in [-0.4, -0.2) is 94.6 Å². The van der Waals surface area contributed by atoms with Gasteiger partial charge in [-0.2, -0.15) is 0 Å². The fraction of sp³-hybridized carbons (Fsp3) is 1.00. The largest absolute Gasteiger partial charge is 0.748 e. The van der Waals surface area contributed by atoms with Crippen LogP contribution in [0.3, 0.4) is 0 Å². The molecule has 0 amide bonds. The molecular weight excluding hydrogens is 253 g/mol. The first-order chi connectivity index (χ1) is 7.08. The van der Waals surface area contributed by atoms with Gasteiger partial charge >= 0.3 is 0 Å². The molecule has 1 rings (SSSR count). The Morgan fingerprint density at radius 1 is 1.00 bits per heavy atom. The van der Waals surface area contributed by atoms with Gasteiger partial charge < -0.3 is 9.45 Å². The molecule has 0 unspecified atom stereocenters. The van der Waals surface area contributed by atoms with Gasteiger partial charge in [0.1, 0.15) is 0 Å². The van der Waals surface area contributed by atoms with Crippen molar-refractivity contribution in [2.24, 2.45) is 0 Å². The standard InChI is InChI=1S/C10H21NO3S.K/c12-15(13,14)10-6-5-9-11-7-3-1-2-4-8-11;/h1-10H2,(H,12,13,14);/p-1. The minimum absolute atomic E-state index is 0. The molecule has 1 radical (unpaired) electrons. The summed E-state index contributed by atoms with van der Waals surface area (Å²) >= 11 is 0. The fourth-order valence-corrected chi connectivity index (χ4v) is 2.53. The van der Waals surface area contributed by atoms with E-state index in [0.717, 1.165) is 26.1 Å². The predicted octanol–water partition coefficient (Wildman–Crippen LogP) is 0.807. The Kier molecular flexibility index (Phi) is 10.3. The van der Waals surface area contributed by atoms with Crippen LogP contribution in [0.2, 0.25) is 0 Å². The van der Waals surface area contributed by atoms with Crippen molar-refractivity contribution in [3.05, 3.63) is 0 Å². The summed E-state index contributed by atoms with van der Waals surface area (Å²) < 4.78 is 31.1. The third-order valence-electron chi connectivity index (χ3n) is 2.82. The third-order valence-corrected chi connectivity index (χ3v) is 3.61. The normalized spacial score (nSPS) is 18.8. The van der Waals surface area contributed by atoms with Crippen LogP contribution in [0.1, 0.15) is 38.5 Å². The molecule has 0 aromatic rings. The number of rotatable bonds is 5. The van der Waals surface area contributed by atoms with Crippen molar-refractivity contribution in [2.45, 2.75) is 38.5 Å². The number of likely N-dealkylation sites (tertiary alicyclic amines) is 1. The van der Waals surface area contributed by atoms with Crippen LogP contribution in [0.25, 0.3) is 0 Å². The van der Waals surface area contributed by atoms with Crippen molar-refractivity contribution in [1.82, 2.24) is 4.90 Å². The third kappa shape index (κ3) is 9.53. The fourth-order valence-electron chi connectivity index (χ4n) is 1.97. The van der Waals surface area contributed by atoms with E-state index >= 15 is 0 Å². The average molecular weight is 273 g/mol. The van der Waals surface area contributed by atoms with E-state index in [-0.39, 0.29) is 57.1 Å². The van der Waals surface area contributed by atoms with Crippen LogP contribution in [0.5, 0.6) is 0 Å². The molecule has 1 heterocycles. The first-order valence-corrected chi connectivity index (χ1v) is 7.31. The van der Waals surface area contributed by atoms with Gasteiger partial charge in [0.25, 0.3) is 0 Å². The maximum Gasteiger partial charge on any atom is 0.0945 e. The van der Waals surface area contributed by atoms with E-state index in [2.05, 4.69) is 4.90 Å². The molecule has 1 saturated heterocycles. The molecule has 0 aliphatic carbocycles. The second kappa shape index (κ2) is 9.44. The Bertz CT molecular complexity index is 261. The maximum atomic E-state index is 10.4. The molecule has 16 heavy (non-hydrogen) atoms. The smallest absolute Gasteiger partial charge is 0.0945 e. The van der Waals surface area contributed by atoms with E-state index in [1.165, 1.54) is 25.7 Å². The van der Waals surface area contributed by atoms with Crippen LogP contribution < -0.4 is 0 Å². The zero-order valence-corrected chi connectivity index (χ0v) is 14.1. The summed E-state index contributed by atoms with van der Waals surface area (Å²) in [6.07, 6.45) is 6.44. The number of hydrogen-bond acceptors (Lipinski definition) is 4. The summed E-state index contributed by atoms with van der Waals surface area (Å²) in [5.74, 6) is -0.208. The molecule has 0 saturated carbocycles. The van der Waals surface area contributed by atoms with E-state index < -0.39 is 10.1 Å². The summed E-state index contributed by atoms with van der Waals surface area (Å²) in [5.41, 5.74) is 0. The van der Waals surface area contributed by atoms with Crippen molar-refractivity contribution in [1.29, 1.82) is 0 Å². The van der Waals surface area contributed by atoms with E-state index in [1.807, 2.05) is 0 Å². The van der Waals surface area contributed by atoms with E-state index in [0.29, 0.717) is 6.42 Å². The van der Waals surface area contributed by atoms with Gasteiger partial charge in [0.05, 0.1) is 10.1 Å². The quantitative estimate of drug-likeness (QED) is 0.422. The molecule has 6 heteroatoms. The monoisotopic (exact) mass is 273 g/mol.